The molecule has 0 aromatic heterocycles. The Balaban J connectivity index is 1.89. The summed E-state index contributed by atoms with van der Waals surface area (Å²) in [5.41, 5.74) is 0.442. The van der Waals surface area contributed by atoms with E-state index in [0.29, 0.717) is 5.41 Å². The molecule has 0 aliphatic carbocycles. The van der Waals surface area contributed by atoms with Crippen LogP contribution in [0.5, 0.6) is 0 Å². The van der Waals surface area contributed by atoms with E-state index >= 15 is 0 Å². The van der Waals surface area contributed by atoms with Crippen molar-refractivity contribution in [3.05, 3.63) is 0 Å². The quantitative estimate of drug-likeness (QED) is 0.717. The second kappa shape index (κ2) is 6.36. The largest absolute Gasteiger partial charge is 0.381 e. The van der Waals surface area contributed by atoms with Gasteiger partial charge in [-0.3, -0.25) is 0 Å². The van der Waals surface area contributed by atoms with Crippen LogP contribution in [0.15, 0.2) is 0 Å². The van der Waals surface area contributed by atoms with E-state index in [1.165, 1.54) is 32.0 Å². The zero-order valence-corrected chi connectivity index (χ0v) is 12.6. The first-order valence-corrected chi connectivity index (χ1v) is 7.94. The fourth-order valence-electron chi connectivity index (χ4n) is 3.68. The van der Waals surface area contributed by atoms with Crippen molar-refractivity contribution in [1.29, 1.82) is 0 Å². The van der Waals surface area contributed by atoms with Crippen LogP contribution in [-0.2, 0) is 9.53 Å². The van der Waals surface area contributed by atoms with Gasteiger partial charge in [0.1, 0.15) is 6.29 Å². The molecule has 0 amide bonds. The lowest BCUT2D eigenvalue weighted by Gasteiger charge is -2.44. The molecule has 0 aromatic carbocycles. The van der Waals surface area contributed by atoms with Gasteiger partial charge >= 0.3 is 0 Å². The zero-order chi connectivity index (χ0) is 13.8. The van der Waals surface area contributed by atoms with Gasteiger partial charge in [0.25, 0.3) is 0 Å². The molecule has 0 bridgehead atoms. The van der Waals surface area contributed by atoms with E-state index in [2.05, 4.69) is 18.7 Å². The molecule has 110 valence electrons. The van der Waals surface area contributed by atoms with Crippen molar-refractivity contribution in [1.82, 2.24) is 4.90 Å². The molecule has 2 saturated heterocycles. The third-order valence-electron chi connectivity index (χ3n) is 5.69. The number of likely N-dealkylation sites (tertiary alicyclic amines) is 1. The molecule has 3 heteroatoms. The van der Waals surface area contributed by atoms with Crippen molar-refractivity contribution in [3.63, 3.8) is 0 Å². The van der Waals surface area contributed by atoms with Gasteiger partial charge in [0.05, 0.1) is 0 Å². The lowest BCUT2D eigenvalue weighted by molar-refractivity contribution is -0.123. The normalized spacial score (nSPS) is 27.1. The Labute approximate surface area is 117 Å². The van der Waals surface area contributed by atoms with E-state index < -0.39 is 0 Å². The molecule has 0 unspecified atom stereocenters. The Morgan fingerprint density at radius 3 is 2.11 bits per heavy atom. The third-order valence-corrected chi connectivity index (χ3v) is 5.69. The van der Waals surface area contributed by atoms with Gasteiger partial charge in [0.15, 0.2) is 0 Å². The smallest absolute Gasteiger partial charge is 0.127 e. The van der Waals surface area contributed by atoms with E-state index in [0.717, 1.165) is 45.7 Å². The highest BCUT2D eigenvalue weighted by Gasteiger charge is 2.37. The average molecular weight is 267 g/mol. The molecular weight excluding hydrogens is 238 g/mol. The maximum absolute atomic E-state index is 11.5. The minimum Gasteiger partial charge on any atom is -0.381 e. The third kappa shape index (κ3) is 3.38. The molecule has 0 atom stereocenters. The van der Waals surface area contributed by atoms with Gasteiger partial charge in [-0.05, 0) is 44.2 Å². The average Bonchev–Trinajstić information content (AvgIpc) is 2.49. The van der Waals surface area contributed by atoms with Gasteiger partial charge in [-0.25, -0.2) is 0 Å². The lowest BCUT2D eigenvalue weighted by atomic mass is 9.73. The molecule has 0 spiro atoms. The predicted octanol–water partition coefficient (Wildman–Crippen LogP) is 2.88. The topological polar surface area (TPSA) is 29.5 Å². The number of carbonyl (C=O) groups excluding carboxylic acids is 1. The van der Waals surface area contributed by atoms with Crippen molar-refractivity contribution in [2.75, 3.05) is 32.8 Å². The minimum atomic E-state index is -0.128. The summed E-state index contributed by atoms with van der Waals surface area (Å²) in [5, 5.41) is 0. The Morgan fingerprint density at radius 2 is 1.63 bits per heavy atom. The van der Waals surface area contributed by atoms with Crippen LogP contribution in [0, 0.1) is 10.8 Å². The van der Waals surface area contributed by atoms with Crippen molar-refractivity contribution < 1.29 is 9.53 Å². The standard InChI is InChI=1S/C16H29NO2/c1-3-15(4-2)5-9-17(10-6-15)13-16(14-18)7-11-19-12-8-16/h14H,3-13H2,1-2H3. The Bertz CT molecular complexity index is 283. The Morgan fingerprint density at radius 1 is 1.05 bits per heavy atom. The number of rotatable bonds is 5. The summed E-state index contributed by atoms with van der Waals surface area (Å²) in [6.45, 7) is 9.43. The van der Waals surface area contributed by atoms with Gasteiger partial charge in [-0.2, -0.15) is 0 Å². The van der Waals surface area contributed by atoms with Crippen molar-refractivity contribution in [3.8, 4) is 0 Å². The number of hydrogen-bond donors (Lipinski definition) is 0. The van der Waals surface area contributed by atoms with Crippen LogP contribution >= 0.6 is 0 Å². The molecule has 0 saturated carbocycles. The lowest BCUT2D eigenvalue weighted by Crippen LogP contribution is -2.47. The Hall–Kier alpha value is -0.410. The van der Waals surface area contributed by atoms with Crippen LogP contribution in [0.1, 0.15) is 52.4 Å². The molecule has 0 N–H and O–H groups in total. The molecule has 3 nitrogen and oxygen atoms in total. The van der Waals surface area contributed by atoms with Crippen LogP contribution in [0.3, 0.4) is 0 Å². The van der Waals surface area contributed by atoms with Gasteiger partial charge in [0.2, 0.25) is 0 Å². The number of carbonyl (C=O) groups is 1. The first kappa shape index (κ1) is 15.0. The van der Waals surface area contributed by atoms with Crippen LogP contribution in [0.4, 0.5) is 0 Å². The van der Waals surface area contributed by atoms with Crippen LogP contribution < -0.4 is 0 Å². The molecule has 2 aliphatic heterocycles. The first-order valence-electron chi connectivity index (χ1n) is 7.94. The predicted molar refractivity (Wildman–Crippen MR) is 77.2 cm³/mol. The summed E-state index contributed by atoms with van der Waals surface area (Å²) < 4.78 is 5.41. The second-order valence-electron chi connectivity index (χ2n) is 6.58. The second-order valence-corrected chi connectivity index (χ2v) is 6.58. The van der Waals surface area contributed by atoms with Crippen molar-refractivity contribution in [2.45, 2.75) is 52.4 Å². The molecule has 0 radical (unpaired) electrons. The summed E-state index contributed by atoms with van der Waals surface area (Å²) in [7, 11) is 0. The van der Waals surface area contributed by atoms with E-state index in [-0.39, 0.29) is 5.41 Å². The number of nitrogens with zero attached hydrogens (tertiary/aromatic N) is 1. The molecule has 2 fully saturated rings. The summed E-state index contributed by atoms with van der Waals surface area (Å²) in [6, 6.07) is 0. The maximum Gasteiger partial charge on any atom is 0.127 e. The van der Waals surface area contributed by atoms with Crippen molar-refractivity contribution >= 4 is 6.29 Å². The molecule has 2 heterocycles. The summed E-state index contributed by atoms with van der Waals surface area (Å²) in [6.07, 6.45) is 8.20. The van der Waals surface area contributed by atoms with Gasteiger partial charge in [0, 0.05) is 25.2 Å². The highest BCUT2D eigenvalue weighted by atomic mass is 16.5. The Kier molecular flexibility index (Phi) is 5.02. The van der Waals surface area contributed by atoms with Crippen molar-refractivity contribution in [2.24, 2.45) is 10.8 Å². The fraction of sp³-hybridized carbons (Fsp3) is 0.938. The SMILES string of the molecule is CCC1(CC)CCN(CC2(C=O)CCOCC2)CC1. The first-order chi connectivity index (χ1) is 9.17. The van der Waals surface area contributed by atoms with Gasteiger partial charge in [-0.1, -0.05) is 26.7 Å². The number of hydrogen-bond acceptors (Lipinski definition) is 3. The molecule has 2 aliphatic rings. The minimum absolute atomic E-state index is 0.128. The molecule has 2 rings (SSSR count). The summed E-state index contributed by atoms with van der Waals surface area (Å²) in [5.74, 6) is 0. The van der Waals surface area contributed by atoms with Gasteiger partial charge in [-0.15, -0.1) is 0 Å². The monoisotopic (exact) mass is 267 g/mol. The zero-order valence-electron chi connectivity index (χ0n) is 12.6. The van der Waals surface area contributed by atoms with Crippen LogP contribution in [-0.4, -0.2) is 44.0 Å². The number of piperidine rings is 1. The highest BCUT2D eigenvalue weighted by molar-refractivity contribution is 5.60. The van der Waals surface area contributed by atoms with E-state index in [4.69, 9.17) is 4.74 Å². The molecular formula is C16H29NO2. The van der Waals surface area contributed by atoms with E-state index in [1.54, 1.807) is 0 Å². The molecule has 0 aromatic rings. The summed E-state index contributed by atoms with van der Waals surface area (Å²) in [4.78, 5) is 14.0. The van der Waals surface area contributed by atoms with E-state index in [1.807, 2.05) is 0 Å². The van der Waals surface area contributed by atoms with Crippen LogP contribution in [0.25, 0.3) is 0 Å². The number of ether oxygens (including phenoxy) is 1. The van der Waals surface area contributed by atoms with Crippen LogP contribution in [0.2, 0.25) is 0 Å². The maximum atomic E-state index is 11.5. The summed E-state index contributed by atoms with van der Waals surface area (Å²) >= 11 is 0. The van der Waals surface area contributed by atoms with E-state index in [9.17, 15) is 4.79 Å². The van der Waals surface area contributed by atoms with Gasteiger partial charge < -0.3 is 14.4 Å². The fourth-order valence-corrected chi connectivity index (χ4v) is 3.68. The number of aldehydes is 1. The highest BCUT2D eigenvalue weighted by Crippen LogP contribution is 2.39. The molecule has 19 heavy (non-hydrogen) atoms.